The van der Waals surface area contributed by atoms with Gasteiger partial charge in [0.25, 0.3) is 0 Å². The molecule has 0 saturated carbocycles. The van der Waals surface area contributed by atoms with Gasteiger partial charge in [-0.15, -0.1) is 0 Å². The topological polar surface area (TPSA) is 55.8 Å². The summed E-state index contributed by atoms with van der Waals surface area (Å²) in [6.45, 7) is 2.63. The number of carbonyl (C=O) groups excluding carboxylic acids is 1. The zero-order valence-corrected chi connectivity index (χ0v) is 10.9. The van der Waals surface area contributed by atoms with Crippen LogP contribution in [-0.2, 0) is 22.6 Å². The summed E-state index contributed by atoms with van der Waals surface area (Å²) in [6.07, 6.45) is 2.25. The Kier molecular flexibility index (Phi) is 6.22. The van der Waals surface area contributed by atoms with Crippen LogP contribution in [0.5, 0.6) is 5.75 Å². The number of aliphatic hydroxyl groups is 1. The third-order valence-electron chi connectivity index (χ3n) is 2.63. The van der Waals surface area contributed by atoms with Gasteiger partial charge in [-0.05, 0) is 24.1 Å². The molecule has 0 spiro atoms. The minimum atomic E-state index is -0.293. The predicted octanol–water partition coefficient (Wildman–Crippen LogP) is 2.07. The van der Waals surface area contributed by atoms with Crippen LogP contribution in [-0.4, -0.2) is 24.8 Å². The molecular formula is C14H20O4. The van der Waals surface area contributed by atoms with Crippen molar-refractivity contribution in [2.45, 2.75) is 32.8 Å². The van der Waals surface area contributed by atoms with Gasteiger partial charge in [0, 0.05) is 5.56 Å². The third kappa shape index (κ3) is 4.37. The standard InChI is InChI=1S/C14H20O4/c1-3-4-7-18-13-6-5-11(8-12(13)10-15)9-14(16)17-2/h5-6,8,15H,3-4,7,9-10H2,1-2H3. The van der Waals surface area contributed by atoms with Crippen LogP contribution in [0.15, 0.2) is 18.2 Å². The quantitative estimate of drug-likeness (QED) is 0.596. The average Bonchev–Trinajstić information content (AvgIpc) is 2.40. The highest BCUT2D eigenvalue weighted by atomic mass is 16.5. The van der Waals surface area contributed by atoms with Crippen molar-refractivity contribution in [1.29, 1.82) is 0 Å². The first-order valence-corrected chi connectivity index (χ1v) is 6.13. The summed E-state index contributed by atoms with van der Waals surface area (Å²) in [5.41, 5.74) is 1.52. The number of unbranched alkanes of at least 4 members (excludes halogenated alkanes) is 1. The highest BCUT2D eigenvalue weighted by molar-refractivity contribution is 5.72. The van der Waals surface area contributed by atoms with Gasteiger partial charge in [0.05, 0.1) is 26.7 Å². The molecule has 0 aliphatic heterocycles. The molecule has 0 aliphatic rings. The second-order valence-electron chi connectivity index (χ2n) is 4.06. The third-order valence-corrected chi connectivity index (χ3v) is 2.63. The monoisotopic (exact) mass is 252 g/mol. The van der Waals surface area contributed by atoms with E-state index in [-0.39, 0.29) is 19.0 Å². The van der Waals surface area contributed by atoms with E-state index in [1.807, 2.05) is 6.07 Å². The van der Waals surface area contributed by atoms with Crippen LogP contribution in [0.3, 0.4) is 0 Å². The molecular weight excluding hydrogens is 232 g/mol. The SMILES string of the molecule is CCCCOc1ccc(CC(=O)OC)cc1CO. The summed E-state index contributed by atoms with van der Waals surface area (Å²) < 4.78 is 10.2. The first kappa shape index (κ1) is 14.5. The van der Waals surface area contributed by atoms with Crippen LogP contribution < -0.4 is 4.74 Å². The molecule has 0 radical (unpaired) electrons. The lowest BCUT2D eigenvalue weighted by molar-refractivity contribution is -0.139. The molecule has 0 fully saturated rings. The maximum atomic E-state index is 11.2. The molecule has 4 nitrogen and oxygen atoms in total. The number of hydrogen-bond acceptors (Lipinski definition) is 4. The zero-order valence-electron chi connectivity index (χ0n) is 10.9. The first-order valence-electron chi connectivity index (χ1n) is 6.13. The lowest BCUT2D eigenvalue weighted by Gasteiger charge is -2.11. The normalized spacial score (nSPS) is 10.2. The van der Waals surface area contributed by atoms with Crippen molar-refractivity contribution in [2.75, 3.05) is 13.7 Å². The second-order valence-corrected chi connectivity index (χ2v) is 4.06. The van der Waals surface area contributed by atoms with E-state index in [4.69, 9.17) is 4.74 Å². The average molecular weight is 252 g/mol. The molecule has 1 rings (SSSR count). The minimum absolute atomic E-state index is 0.101. The highest BCUT2D eigenvalue weighted by Gasteiger charge is 2.08. The summed E-state index contributed by atoms with van der Waals surface area (Å²) in [5.74, 6) is 0.387. The first-order chi connectivity index (χ1) is 8.71. The number of hydrogen-bond donors (Lipinski definition) is 1. The van der Waals surface area contributed by atoms with Crippen molar-refractivity contribution in [1.82, 2.24) is 0 Å². The fraction of sp³-hybridized carbons (Fsp3) is 0.500. The van der Waals surface area contributed by atoms with E-state index in [1.54, 1.807) is 12.1 Å². The molecule has 0 unspecified atom stereocenters. The van der Waals surface area contributed by atoms with Crippen LogP contribution >= 0.6 is 0 Å². The van der Waals surface area contributed by atoms with Crippen LogP contribution in [0, 0.1) is 0 Å². The molecule has 4 heteroatoms. The maximum absolute atomic E-state index is 11.2. The fourth-order valence-corrected chi connectivity index (χ4v) is 1.57. The second kappa shape index (κ2) is 7.71. The summed E-state index contributed by atoms with van der Waals surface area (Å²) >= 11 is 0. The van der Waals surface area contributed by atoms with Crippen LogP contribution in [0.4, 0.5) is 0 Å². The smallest absolute Gasteiger partial charge is 0.309 e. The maximum Gasteiger partial charge on any atom is 0.309 e. The van der Waals surface area contributed by atoms with Crippen molar-refractivity contribution < 1.29 is 19.4 Å². The van der Waals surface area contributed by atoms with E-state index in [2.05, 4.69) is 11.7 Å². The molecule has 1 aromatic carbocycles. The van der Waals surface area contributed by atoms with Gasteiger partial charge in [0.2, 0.25) is 0 Å². The molecule has 0 aliphatic carbocycles. The molecule has 0 atom stereocenters. The van der Waals surface area contributed by atoms with Gasteiger partial charge >= 0.3 is 5.97 Å². The summed E-state index contributed by atoms with van der Waals surface area (Å²) in [5, 5.41) is 9.29. The van der Waals surface area contributed by atoms with Crippen molar-refractivity contribution >= 4 is 5.97 Å². The van der Waals surface area contributed by atoms with Crippen molar-refractivity contribution in [3.8, 4) is 5.75 Å². The van der Waals surface area contributed by atoms with Crippen LogP contribution in [0.2, 0.25) is 0 Å². The molecule has 100 valence electrons. The number of aliphatic hydroxyl groups excluding tert-OH is 1. The van der Waals surface area contributed by atoms with Gasteiger partial charge in [-0.2, -0.15) is 0 Å². The van der Waals surface area contributed by atoms with Gasteiger partial charge in [0.1, 0.15) is 5.75 Å². The Balaban J connectivity index is 2.73. The van der Waals surface area contributed by atoms with Crippen molar-refractivity contribution in [3.05, 3.63) is 29.3 Å². The fourth-order valence-electron chi connectivity index (χ4n) is 1.57. The number of carbonyl (C=O) groups is 1. The van der Waals surface area contributed by atoms with Gasteiger partial charge in [-0.25, -0.2) is 0 Å². The number of esters is 1. The number of methoxy groups -OCH3 is 1. The molecule has 1 N–H and O–H groups in total. The van der Waals surface area contributed by atoms with Crippen molar-refractivity contribution in [3.63, 3.8) is 0 Å². The van der Waals surface area contributed by atoms with E-state index in [9.17, 15) is 9.90 Å². The molecule has 0 saturated heterocycles. The molecule has 0 heterocycles. The molecule has 1 aromatic rings. The van der Waals surface area contributed by atoms with E-state index in [1.165, 1.54) is 7.11 Å². The Morgan fingerprint density at radius 1 is 1.39 bits per heavy atom. The predicted molar refractivity (Wildman–Crippen MR) is 68.5 cm³/mol. The summed E-state index contributed by atoms with van der Waals surface area (Å²) in [4.78, 5) is 11.2. The lowest BCUT2D eigenvalue weighted by Crippen LogP contribution is -2.06. The van der Waals surface area contributed by atoms with Gasteiger partial charge in [-0.1, -0.05) is 19.4 Å². The lowest BCUT2D eigenvalue weighted by atomic mass is 10.1. The summed E-state index contributed by atoms with van der Waals surface area (Å²) in [7, 11) is 1.36. The van der Waals surface area contributed by atoms with E-state index < -0.39 is 0 Å². The van der Waals surface area contributed by atoms with E-state index >= 15 is 0 Å². The Morgan fingerprint density at radius 2 is 2.17 bits per heavy atom. The molecule has 0 amide bonds. The Labute approximate surface area is 108 Å². The Morgan fingerprint density at radius 3 is 2.78 bits per heavy atom. The Hall–Kier alpha value is -1.55. The summed E-state index contributed by atoms with van der Waals surface area (Å²) in [6, 6.07) is 5.38. The van der Waals surface area contributed by atoms with Crippen LogP contribution in [0.1, 0.15) is 30.9 Å². The zero-order chi connectivity index (χ0) is 13.4. The molecule has 0 bridgehead atoms. The number of benzene rings is 1. The number of ether oxygens (including phenoxy) is 2. The van der Waals surface area contributed by atoms with E-state index in [0.29, 0.717) is 17.9 Å². The minimum Gasteiger partial charge on any atom is -0.493 e. The molecule has 0 aromatic heterocycles. The largest absolute Gasteiger partial charge is 0.493 e. The highest BCUT2D eigenvalue weighted by Crippen LogP contribution is 2.21. The van der Waals surface area contributed by atoms with Crippen LogP contribution in [0.25, 0.3) is 0 Å². The van der Waals surface area contributed by atoms with Gasteiger partial charge in [-0.3, -0.25) is 4.79 Å². The van der Waals surface area contributed by atoms with Gasteiger partial charge < -0.3 is 14.6 Å². The van der Waals surface area contributed by atoms with E-state index in [0.717, 1.165) is 18.4 Å². The van der Waals surface area contributed by atoms with Crippen molar-refractivity contribution in [2.24, 2.45) is 0 Å². The molecule has 18 heavy (non-hydrogen) atoms. The number of rotatable bonds is 7. The van der Waals surface area contributed by atoms with Gasteiger partial charge in [0.15, 0.2) is 0 Å². The Bertz CT molecular complexity index is 387.